The third-order valence-electron chi connectivity index (χ3n) is 2.81. The molecule has 0 spiro atoms. The van der Waals surface area contributed by atoms with Crippen LogP contribution in [0.2, 0.25) is 0 Å². The highest BCUT2D eigenvalue weighted by molar-refractivity contribution is 6.29. The maximum Gasteiger partial charge on any atom is 0.170 e. The van der Waals surface area contributed by atoms with Gasteiger partial charge in [0.15, 0.2) is 5.78 Å². The van der Waals surface area contributed by atoms with Gasteiger partial charge in [0.25, 0.3) is 0 Å². The molecule has 18 heavy (non-hydrogen) atoms. The van der Waals surface area contributed by atoms with Gasteiger partial charge in [0.2, 0.25) is 0 Å². The van der Waals surface area contributed by atoms with Crippen molar-refractivity contribution in [1.29, 1.82) is 0 Å². The Kier molecular flexibility index (Phi) is 3.72. The highest BCUT2D eigenvalue weighted by Crippen LogP contribution is 2.30. The zero-order valence-corrected chi connectivity index (χ0v) is 11.1. The molecular weight excluding hydrogens is 250 g/mol. The molecule has 0 unspecified atom stereocenters. The monoisotopic (exact) mass is 263 g/mol. The van der Waals surface area contributed by atoms with Crippen LogP contribution >= 0.6 is 11.6 Å². The maximum atomic E-state index is 11.2. The summed E-state index contributed by atoms with van der Waals surface area (Å²) in [6.07, 6.45) is 5.23. The van der Waals surface area contributed by atoms with E-state index in [-0.39, 0.29) is 11.7 Å². The molecule has 0 aliphatic heterocycles. The largest absolute Gasteiger partial charge is 0.496 e. The van der Waals surface area contributed by atoms with Gasteiger partial charge in [0, 0.05) is 24.2 Å². The van der Waals surface area contributed by atoms with E-state index in [1.165, 1.54) is 6.08 Å². The first-order valence-electron chi connectivity index (χ1n) is 5.56. The van der Waals surface area contributed by atoms with E-state index in [1.807, 2.05) is 36.0 Å². The van der Waals surface area contributed by atoms with E-state index >= 15 is 0 Å². The molecule has 3 nitrogen and oxygen atoms in total. The second-order valence-corrected chi connectivity index (χ2v) is 4.25. The van der Waals surface area contributed by atoms with E-state index in [4.69, 9.17) is 16.3 Å². The van der Waals surface area contributed by atoms with Gasteiger partial charge in [-0.15, -0.1) is 11.6 Å². The number of rotatable bonds is 4. The molecule has 1 heterocycles. The number of ether oxygens (including phenoxy) is 1. The quantitative estimate of drug-likeness (QED) is 0.627. The molecule has 0 N–H and O–H groups in total. The van der Waals surface area contributed by atoms with Gasteiger partial charge in [0.05, 0.1) is 18.5 Å². The fraction of sp³-hybridized carbons (Fsp3) is 0.214. The van der Waals surface area contributed by atoms with Crippen LogP contribution in [0.1, 0.15) is 5.56 Å². The van der Waals surface area contributed by atoms with Crippen molar-refractivity contribution < 1.29 is 9.53 Å². The Hall–Kier alpha value is -1.74. The number of allylic oxidation sites excluding steroid dienone is 1. The maximum absolute atomic E-state index is 11.2. The van der Waals surface area contributed by atoms with E-state index in [1.54, 1.807) is 13.2 Å². The average Bonchev–Trinajstić information content (AvgIpc) is 2.73. The van der Waals surface area contributed by atoms with Gasteiger partial charge in [0.1, 0.15) is 5.75 Å². The fourth-order valence-corrected chi connectivity index (χ4v) is 2.06. The summed E-state index contributed by atoms with van der Waals surface area (Å²) in [5, 5.41) is 1.00. The topological polar surface area (TPSA) is 31.2 Å². The van der Waals surface area contributed by atoms with Crippen molar-refractivity contribution in [3.8, 4) is 5.75 Å². The third kappa shape index (κ3) is 2.27. The number of ketones is 1. The van der Waals surface area contributed by atoms with E-state index in [9.17, 15) is 4.79 Å². The molecule has 2 rings (SSSR count). The Labute approximate surface area is 111 Å². The van der Waals surface area contributed by atoms with Gasteiger partial charge < -0.3 is 9.30 Å². The first-order chi connectivity index (χ1) is 8.67. The second-order valence-electron chi connectivity index (χ2n) is 3.98. The van der Waals surface area contributed by atoms with Crippen molar-refractivity contribution in [1.82, 2.24) is 4.57 Å². The number of hydrogen-bond acceptors (Lipinski definition) is 2. The lowest BCUT2D eigenvalue weighted by molar-refractivity contribution is -0.112. The van der Waals surface area contributed by atoms with E-state index < -0.39 is 0 Å². The molecule has 0 atom stereocenters. The molecule has 0 amide bonds. The highest BCUT2D eigenvalue weighted by Gasteiger charge is 2.09. The minimum atomic E-state index is -0.108. The van der Waals surface area contributed by atoms with Gasteiger partial charge in [-0.05, 0) is 24.3 Å². The smallest absolute Gasteiger partial charge is 0.170 e. The van der Waals surface area contributed by atoms with Crippen molar-refractivity contribution in [2.75, 3.05) is 13.0 Å². The molecule has 0 fully saturated rings. The van der Waals surface area contributed by atoms with Gasteiger partial charge in [-0.1, -0.05) is 6.07 Å². The molecule has 2 aromatic rings. The van der Waals surface area contributed by atoms with Crippen molar-refractivity contribution in [2.45, 2.75) is 0 Å². The highest BCUT2D eigenvalue weighted by atomic mass is 35.5. The number of benzene rings is 1. The summed E-state index contributed by atoms with van der Waals surface area (Å²) in [7, 11) is 3.60. The number of alkyl halides is 1. The summed E-state index contributed by atoms with van der Waals surface area (Å²) in [5.74, 6) is 0.688. The molecule has 94 valence electrons. The number of fused-ring (bicyclic) bond motifs is 1. The predicted octanol–water partition coefficient (Wildman–Crippen LogP) is 3.01. The van der Waals surface area contributed by atoms with Crippen molar-refractivity contribution >= 4 is 34.4 Å². The summed E-state index contributed by atoms with van der Waals surface area (Å²) in [4.78, 5) is 11.2. The Morgan fingerprint density at radius 2 is 2.28 bits per heavy atom. The van der Waals surface area contributed by atoms with Crippen LogP contribution in [0.5, 0.6) is 5.75 Å². The molecule has 1 aromatic heterocycles. The summed E-state index contributed by atoms with van der Waals surface area (Å²) in [6.45, 7) is 0. The molecule has 0 radical (unpaired) electrons. The SMILES string of the molecule is COc1cccc2c1c(/C=C/C(=O)CCl)cn2C. The summed E-state index contributed by atoms with van der Waals surface area (Å²) in [5.41, 5.74) is 2.01. The van der Waals surface area contributed by atoms with E-state index in [2.05, 4.69) is 0 Å². The van der Waals surface area contributed by atoms with Gasteiger partial charge in [-0.2, -0.15) is 0 Å². The number of aryl methyl sites for hydroxylation is 1. The zero-order chi connectivity index (χ0) is 13.1. The van der Waals surface area contributed by atoms with Crippen LogP contribution in [0.4, 0.5) is 0 Å². The number of nitrogens with zero attached hydrogens (tertiary/aromatic N) is 1. The fourth-order valence-electron chi connectivity index (χ4n) is 1.97. The molecule has 0 saturated carbocycles. The lowest BCUT2D eigenvalue weighted by Gasteiger charge is -2.03. The van der Waals surface area contributed by atoms with Crippen LogP contribution in [0.3, 0.4) is 0 Å². The van der Waals surface area contributed by atoms with Gasteiger partial charge in [-0.25, -0.2) is 0 Å². The summed E-state index contributed by atoms with van der Waals surface area (Å²) >= 11 is 5.47. The van der Waals surface area contributed by atoms with Crippen LogP contribution in [-0.4, -0.2) is 23.3 Å². The summed E-state index contributed by atoms with van der Waals surface area (Å²) in [6, 6.07) is 5.86. The number of methoxy groups -OCH3 is 1. The molecule has 0 aliphatic carbocycles. The number of hydrogen-bond donors (Lipinski definition) is 0. The van der Waals surface area contributed by atoms with Crippen molar-refractivity contribution in [3.05, 3.63) is 36.0 Å². The van der Waals surface area contributed by atoms with Crippen molar-refractivity contribution in [3.63, 3.8) is 0 Å². The molecule has 1 aromatic carbocycles. The second kappa shape index (κ2) is 5.27. The lowest BCUT2D eigenvalue weighted by atomic mass is 10.1. The normalized spacial score (nSPS) is 11.3. The molecule has 4 heteroatoms. The minimum Gasteiger partial charge on any atom is -0.496 e. The van der Waals surface area contributed by atoms with E-state index in [0.717, 1.165) is 22.2 Å². The number of carbonyl (C=O) groups is 1. The lowest BCUT2D eigenvalue weighted by Crippen LogP contribution is -1.91. The molecular formula is C14H14ClNO2. The first-order valence-corrected chi connectivity index (χ1v) is 6.09. The minimum absolute atomic E-state index is 0.00159. The van der Waals surface area contributed by atoms with Crippen LogP contribution < -0.4 is 4.74 Å². The predicted molar refractivity (Wildman–Crippen MR) is 74.2 cm³/mol. The summed E-state index contributed by atoms with van der Waals surface area (Å²) < 4.78 is 7.36. The molecule has 0 aliphatic rings. The zero-order valence-electron chi connectivity index (χ0n) is 10.3. The van der Waals surface area contributed by atoms with Gasteiger partial charge >= 0.3 is 0 Å². The first kappa shape index (κ1) is 12.7. The Balaban J connectivity index is 2.57. The number of aromatic nitrogens is 1. The van der Waals surface area contributed by atoms with Crippen LogP contribution in [0.25, 0.3) is 17.0 Å². The Bertz CT molecular complexity index is 614. The van der Waals surface area contributed by atoms with Crippen molar-refractivity contribution in [2.24, 2.45) is 7.05 Å². The van der Waals surface area contributed by atoms with E-state index in [0.29, 0.717) is 0 Å². The van der Waals surface area contributed by atoms with Crippen LogP contribution in [0, 0.1) is 0 Å². The standard InChI is InChI=1S/C14H14ClNO2/c1-16-9-10(6-7-11(17)8-15)14-12(16)4-3-5-13(14)18-2/h3-7,9H,8H2,1-2H3/b7-6+. The average molecular weight is 264 g/mol. The molecule has 0 saturated heterocycles. The number of carbonyl (C=O) groups excluding carboxylic acids is 1. The van der Waals surface area contributed by atoms with Crippen LogP contribution in [-0.2, 0) is 11.8 Å². The van der Waals surface area contributed by atoms with Gasteiger partial charge in [-0.3, -0.25) is 4.79 Å². The third-order valence-corrected chi connectivity index (χ3v) is 3.07. The Morgan fingerprint density at radius 3 is 2.94 bits per heavy atom. The number of halogens is 1. The van der Waals surface area contributed by atoms with Crippen LogP contribution in [0.15, 0.2) is 30.5 Å². The Morgan fingerprint density at radius 1 is 1.50 bits per heavy atom. The molecule has 0 bridgehead atoms.